The van der Waals surface area contributed by atoms with Crippen LogP contribution in [0, 0.1) is 0 Å². The number of aromatic nitrogens is 2. The Kier molecular flexibility index (Phi) is 3.87. The molecule has 7 heteroatoms. The van der Waals surface area contributed by atoms with E-state index in [1.165, 1.54) is 0 Å². The molecule has 0 bridgehead atoms. The Labute approximate surface area is 117 Å². The van der Waals surface area contributed by atoms with Gasteiger partial charge in [-0.2, -0.15) is 0 Å². The van der Waals surface area contributed by atoms with Crippen molar-refractivity contribution in [1.29, 1.82) is 0 Å². The SMILES string of the molecule is CC(C)(C)OC(=O)Nc1ncc2c(n1)CCC/C2=N\O. The Morgan fingerprint density at radius 2 is 2.20 bits per heavy atom. The number of nitrogens with zero attached hydrogens (tertiary/aromatic N) is 3. The van der Waals surface area contributed by atoms with Crippen molar-refractivity contribution in [3.63, 3.8) is 0 Å². The fourth-order valence-corrected chi connectivity index (χ4v) is 1.97. The number of carbonyl (C=O) groups excluding carboxylic acids is 1. The first-order valence-corrected chi connectivity index (χ1v) is 6.46. The van der Waals surface area contributed by atoms with Crippen molar-refractivity contribution in [2.75, 3.05) is 5.32 Å². The van der Waals surface area contributed by atoms with E-state index in [1.54, 1.807) is 27.0 Å². The summed E-state index contributed by atoms with van der Waals surface area (Å²) in [5.74, 6) is 0.192. The summed E-state index contributed by atoms with van der Waals surface area (Å²) in [6.45, 7) is 5.35. The molecule has 0 radical (unpaired) electrons. The van der Waals surface area contributed by atoms with Crippen LogP contribution < -0.4 is 5.32 Å². The lowest BCUT2D eigenvalue weighted by molar-refractivity contribution is 0.0634. The summed E-state index contributed by atoms with van der Waals surface area (Å²) in [6.07, 6.45) is 3.29. The van der Waals surface area contributed by atoms with Gasteiger partial charge in [0.1, 0.15) is 5.60 Å². The molecule has 1 heterocycles. The fraction of sp³-hybridized carbons (Fsp3) is 0.538. The number of oxime groups is 1. The van der Waals surface area contributed by atoms with E-state index in [-0.39, 0.29) is 5.95 Å². The van der Waals surface area contributed by atoms with Crippen molar-refractivity contribution >= 4 is 17.8 Å². The monoisotopic (exact) mass is 278 g/mol. The van der Waals surface area contributed by atoms with Gasteiger partial charge in [0.25, 0.3) is 0 Å². The van der Waals surface area contributed by atoms with Gasteiger partial charge in [-0.25, -0.2) is 14.8 Å². The number of amides is 1. The molecule has 0 aromatic carbocycles. The predicted octanol–water partition coefficient (Wildman–Crippen LogP) is 2.34. The molecule has 2 N–H and O–H groups in total. The Balaban J connectivity index is 2.14. The highest BCUT2D eigenvalue weighted by Crippen LogP contribution is 2.20. The topological polar surface area (TPSA) is 96.7 Å². The van der Waals surface area contributed by atoms with Crippen LogP contribution in [0.1, 0.15) is 44.9 Å². The summed E-state index contributed by atoms with van der Waals surface area (Å²) in [5.41, 5.74) is 1.50. The minimum absolute atomic E-state index is 0.192. The summed E-state index contributed by atoms with van der Waals surface area (Å²) in [6, 6.07) is 0. The summed E-state index contributed by atoms with van der Waals surface area (Å²) in [5, 5.41) is 14.7. The van der Waals surface area contributed by atoms with Gasteiger partial charge in [0.15, 0.2) is 0 Å². The molecule has 7 nitrogen and oxygen atoms in total. The first-order chi connectivity index (χ1) is 9.39. The van der Waals surface area contributed by atoms with E-state index >= 15 is 0 Å². The summed E-state index contributed by atoms with van der Waals surface area (Å²) < 4.78 is 5.13. The smallest absolute Gasteiger partial charge is 0.414 e. The van der Waals surface area contributed by atoms with Crippen LogP contribution in [0.15, 0.2) is 11.4 Å². The molecule has 0 atom stereocenters. The molecule has 0 unspecified atom stereocenters. The van der Waals surface area contributed by atoms with Crippen LogP contribution in [-0.4, -0.2) is 32.6 Å². The molecule has 0 fully saturated rings. The number of ether oxygens (including phenoxy) is 1. The molecule has 108 valence electrons. The number of nitrogens with one attached hydrogen (secondary N) is 1. The zero-order valence-corrected chi connectivity index (χ0v) is 11.8. The van der Waals surface area contributed by atoms with Gasteiger partial charge in [0.2, 0.25) is 5.95 Å². The van der Waals surface area contributed by atoms with Crippen LogP contribution in [0.25, 0.3) is 0 Å². The molecule has 2 rings (SSSR count). The van der Waals surface area contributed by atoms with E-state index in [4.69, 9.17) is 9.94 Å². The zero-order chi connectivity index (χ0) is 14.8. The average molecular weight is 278 g/mol. The molecular weight excluding hydrogens is 260 g/mol. The summed E-state index contributed by atoms with van der Waals surface area (Å²) in [7, 11) is 0. The van der Waals surface area contributed by atoms with Crippen LogP contribution >= 0.6 is 0 Å². The highest BCUT2D eigenvalue weighted by Gasteiger charge is 2.20. The first kappa shape index (κ1) is 14.2. The Morgan fingerprint density at radius 1 is 1.45 bits per heavy atom. The third-order valence-electron chi connectivity index (χ3n) is 2.74. The lowest BCUT2D eigenvalue weighted by Crippen LogP contribution is -2.28. The number of aryl methyl sites for hydroxylation is 1. The minimum Gasteiger partial charge on any atom is -0.444 e. The normalized spacial score (nSPS) is 16.6. The number of rotatable bonds is 1. The molecular formula is C13H18N4O3. The molecule has 0 saturated heterocycles. The van der Waals surface area contributed by atoms with Crippen LogP contribution in [0.5, 0.6) is 0 Å². The standard InChI is InChI=1S/C13H18N4O3/c1-13(2,3)20-12(18)16-11-14-7-8-9(15-11)5-4-6-10(8)17-19/h7,19H,4-6H2,1-3H3,(H,14,15,16,18)/b17-10+. The van der Waals surface area contributed by atoms with E-state index in [2.05, 4.69) is 20.4 Å². The van der Waals surface area contributed by atoms with Gasteiger partial charge in [-0.15, -0.1) is 0 Å². The van der Waals surface area contributed by atoms with Crippen molar-refractivity contribution in [3.05, 3.63) is 17.5 Å². The molecule has 1 aliphatic carbocycles. The fourth-order valence-electron chi connectivity index (χ4n) is 1.97. The van der Waals surface area contributed by atoms with Gasteiger partial charge in [-0.05, 0) is 40.0 Å². The highest BCUT2D eigenvalue weighted by atomic mass is 16.6. The molecule has 0 saturated carbocycles. The van der Waals surface area contributed by atoms with Crippen molar-refractivity contribution in [1.82, 2.24) is 9.97 Å². The number of fused-ring (bicyclic) bond motifs is 1. The Hall–Kier alpha value is -2.18. The van der Waals surface area contributed by atoms with Crippen LogP contribution in [0.4, 0.5) is 10.7 Å². The molecule has 0 spiro atoms. The average Bonchev–Trinajstić information content (AvgIpc) is 2.35. The van der Waals surface area contributed by atoms with Gasteiger partial charge in [-0.1, -0.05) is 5.16 Å². The lowest BCUT2D eigenvalue weighted by atomic mass is 9.95. The molecule has 1 aromatic rings. The van der Waals surface area contributed by atoms with Gasteiger partial charge in [0.05, 0.1) is 11.4 Å². The van der Waals surface area contributed by atoms with E-state index in [9.17, 15) is 4.79 Å². The van der Waals surface area contributed by atoms with Crippen LogP contribution in [0.2, 0.25) is 0 Å². The maximum atomic E-state index is 11.6. The third kappa shape index (κ3) is 3.43. The highest BCUT2D eigenvalue weighted by molar-refractivity contribution is 6.01. The summed E-state index contributed by atoms with van der Waals surface area (Å²) >= 11 is 0. The molecule has 1 aliphatic rings. The number of anilines is 1. The van der Waals surface area contributed by atoms with Gasteiger partial charge in [-0.3, -0.25) is 5.32 Å². The zero-order valence-electron chi connectivity index (χ0n) is 11.8. The van der Waals surface area contributed by atoms with Gasteiger partial charge >= 0.3 is 6.09 Å². The maximum absolute atomic E-state index is 11.6. The summed E-state index contributed by atoms with van der Waals surface area (Å²) in [4.78, 5) is 20.0. The van der Waals surface area contributed by atoms with E-state index in [1.807, 2.05) is 0 Å². The molecule has 20 heavy (non-hydrogen) atoms. The first-order valence-electron chi connectivity index (χ1n) is 6.46. The van der Waals surface area contributed by atoms with E-state index in [0.29, 0.717) is 12.1 Å². The predicted molar refractivity (Wildman–Crippen MR) is 73.2 cm³/mol. The quantitative estimate of drug-likeness (QED) is 0.607. The Morgan fingerprint density at radius 3 is 2.85 bits per heavy atom. The minimum atomic E-state index is -0.593. The van der Waals surface area contributed by atoms with Crippen LogP contribution in [-0.2, 0) is 11.2 Å². The second-order valence-corrected chi connectivity index (χ2v) is 5.58. The van der Waals surface area contributed by atoms with Gasteiger partial charge in [0, 0.05) is 11.8 Å². The number of carbonyl (C=O) groups is 1. The third-order valence-corrected chi connectivity index (χ3v) is 2.74. The second-order valence-electron chi connectivity index (χ2n) is 5.58. The number of hydrogen-bond donors (Lipinski definition) is 2. The largest absolute Gasteiger partial charge is 0.444 e. The van der Waals surface area contributed by atoms with Crippen molar-refractivity contribution < 1.29 is 14.7 Å². The van der Waals surface area contributed by atoms with Crippen LogP contribution in [0.3, 0.4) is 0 Å². The van der Waals surface area contributed by atoms with Crippen molar-refractivity contribution in [3.8, 4) is 0 Å². The van der Waals surface area contributed by atoms with Crippen molar-refractivity contribution in [2.45, 2.75) is 45.6 Å². The second kappa shape index (κ2) is 5.44. The maximum Gasteiger partial charge on any atom is 0.414 e. The van der Waals surface area contributed by atoms with E-state index in [0.717, 1.165) is 24.1 Å². The van der Waals surface area contributed by atoms with E-state index < -0.39 is 11.7 Å². The number of hydrogen-bond acceptors (Lipinski definition) is 6. The molecule has 0 aliphatic heterocycles. The van der Waals surface area contributed by atoms with Crippen molar-refractivity contribution in [2.24, 2.45) is 5.16 Å². The molecule has 1 aromatic heterocycles. The molecule has 1 amide bonds. The van der Waals surface area contributed by atoms with Gasteiger partial charge < -0.3 is 9.94 Å². The Bertz CT molecular complexity index is 549. The lowest BCUT2D eigenvalue weighted by Gasteiger charge is -2.20.